The predicted octanol–water partition coefficient (Wildman–Crippen LogP) is 2.71. The number of phenols is 1. The van der Waals surface area contributed by atoms with Crippen LogP contribution in [-0.4, -0.2) is 16.8 Å². The van der Waals surface area contributed by atoms with E-state index >= 15 is 0 Å². The Balaban J connectivity index is 2.66. The zero-order valence-corrected chi connectivity index (χ0v) is 8.47. The number of aromatic hydroxyl groups is 2. The lowest BCUT2D eigenvalue weighted by Gasteiger charge is -2.05. The molecule has 0 aliphatic rings. The summed E-state index contributed by atoms with van der Waals surface area (Å²) in [5, 5.41) is 21.3. The Labute approximate surface area is 85.2 Å². The SMILES string of the molecule is CCOc1ccc2scc(O)c2c1O. The van der Waals surface area contributed by atoms with Crippen molar-refractivity contribution in [1.82, 2.24) is 0 Å². The van der Waals surface area contributed by atoms with Crippen LogP contribution < -0.4 is 4.74 Å². The van der Waals surface area contributed by atoms with Gasteiger partial charge < -0.3 is 14.9 Å². The molecule has 0 fully saturated rings. The average molecular weight is 210 g/mol. The van der Waals surface area contributed by atoms with Crippen LogP contribution in [0.4, 0.5) is 0 Å². The number of thiophene rings is 1. The third-order valence-corrected chi connectivity index (χ3v) is 2.89. The van der Waals surface area contributed by atoms with Crippen molar-refractivity contribution in [2.45, 2.75) is 6.92 Å². The van der Waals surface area contributed by atoms with E-state index in [0.29, 0.717) is 17.7 Å². The fourth-order valence-electron chi connectivity index (χ4n) is 1.35. The smallest absolute Gasteiger partial charge is 0.170 e. The summed E-state index contributed by atoms with van der Waals surface area (Å²) in [6, 6.07) is 3.53. The molecular formula is C10H10O3S. The van der Waals surface area contributed by atoms with Gasteiger partial charge in [0.15, 0.2) is 11.5 Å². The van der Waals surface area contributed by atoms with Crippen molar-refractivity contribution in [2.75, 3.05) is 6.61 Å². The third kappa shape index (κ3) is 1.28. The summed E-state index contributed by atoms with van der Waals surface area (Å²) in [5.41, 5.74) is 0. The van der Waals surface area contributed by atoms with E-state index in [-0.39, 0.29) is 11.5 Å². The molecule has 2 N–H and O–H groups in total. The minimum Gasteiger partial charge on any atom is -0.506 e. The number of hydrogen-bond acceptors (Lipinski definition) is 4. The fourth-order valence-corrected chi connectivity index (χ4v) is 2.17. The van der Waals surface area contributed by atoms with Crippen molar-refractivity contribution in [2.24, 2.45) is 0 Å². The van der Waals surface area contributed by atoms with E-state index in [0.717, 1.165) is 4.70 Å². The van der Waals surface area contributed by atoms with E-state index < -0.39 is 0 Å². The topological polar surface area (TPSA) is 49.7 Å². The van der Waals surface area contributed by atoms with Gasteiger partial charge in [-0.25, -0.2) is 0 Å². The van der Waals surface area contributed by atoms with Crippen molar-refractivity contribution in [3.05, 3.63) is 17.5 Å². The van der Waals surface area contributed by atoms with Crippen LogP contribution in [0.1, 0.15) is 6.92 Å². The van der Waals surface area contributed by atoms with Crippen LogP contribution in [0.25, 0.3) is 10.1 Å². The molecule has 0 spiro atoms. The highest BCUT2D eigenvalue weighted by atomic mass is 32.1. The normalized spacial score (nSPS) is 10.6. The van der Waals surface area contributed by atoms with Crippen molar-refractivity contribution in [3.8, 4) is 17.2 Å². The minimum atomic E-state index is 0.0168. The number of phenolic OH excluding ortho intramolecular Hbond substituents is 1. The first-order chi connectivity index (χ1) is 6.74. The van der Waals surface area contributed by atoms with E-state index in [1.54, 1.807) is 11.4 Å². The molecule has 3 nitrogen and oxygen atoms in total. The molecule has 1 aromatic carbocycles. The van der Waals surface area contributed by atoms with Gasteiger partial charge >= 0.3 is 0 Å². The molecule has 14 heavy (non-hydrogen) atoms. The van der Waals surface area contributed by atoms with Crippen LogP contribution in [-0.2, 0) is 0 Å². The molecule has 0 radical (unpaired) electrons. The molecule has 0 bridgehead atoms. The lowest BCUT2D eigenvalue weighted by molar-refractivity contribution is 0.319. The summed E-state index contributed by atoms with van der Waals surface area (Å²) in [7, 11) is 0. The Morgan fingerprint density at radius 3 is 2.86 bits per heavy atom. The molecule has 0 aliphatic heterocycles. The van der Waals surface area contributed by atoms with Crippen LogP contribution in [0.15, 0.2) is 17.5 Å². The number of benzene rings is 1. The summed E-state index contributed by atoms with van der Waals surface area (Å²) < 4.78 is 6.06. The second-order valence-corrected chi connectivity index (χ2v) is 3.75. The molecule has 0 atom stereocenters. The molecular weight excluding hydrogens is 200 g/mol. The summed E-state index contributed by atoms with van der Waals surface area (Å²) in [6.45, 7) is 2.33. The Morgan fingerprint density at radius 1 is 1.36 bits per heavy atom. The van der Waals surface area contributed by atoms with Gasteiger partial charge in [-0.3, -0.25) is 0 Å². The van der Waals surface area contributed by atoms with Crippen molar-refractivity contribution < 1.29 is 14.9 Å². The Bertz CT molecular complexity index is 462. The van der Waals surface area contributed by atoms with Crippen LogP contribution in [0.5, 0.6) is 17.2 Å². The molecule has 1 heterocycles. The van der Waals surface area contributed by atoms with Crippen molar-refractivity contribution >= 4 is 21.4 Å². The fraction of sp³-hybridized carbons (Fsp3) is 0.200. The van der Waals surface area contributed by atoms with Gasteiger partial charge in [0.2, 0.25) is 0 Å². The van der Waals surface area contributed by atoms with Crippen LogP contribution in [0.2, 0.25) is 0 Å². The number of ether oxygens (including phenoxy) is 1. The zero-order chi connectivity index (χ0) is 10.1. The summed E-state index contributed by atoms with van der Waals surface area (Å²) in [6.07, 6.45) is 0. The highest BCUT2D eigenvalue weighted by Gasteiger charge is 2.12. The van der Waals surface area contributed by atoms with Gasteiger partial charge in [0.05, 0.1) is 12.0 Å². The summed E-state index contributed by atoms with van der Waals surface area (Å²) in [4.78, 5) is 0. The van der Waals surface area contributed by atoms with Crippen LogP contribution >= 0.6 is 11.3 Å². The van der Waals surface area contributed by atoms with Gasteiger partial charge in [-0.1, -0.05) is 0 Å². The highest BCUT2D eigenvalue weighted by molar-refractivity contribution is 7.17. The number of fused-ring (bicyclic) bond motifs is 1. The first kappa shape index (κ1) is 9.15. The molecule has 0 saturated carbocycles. The maximum absolute atomic E-state index is 9.77. The number of rotatable bonds is 2. The Kier molecular flexibility index (Phi) is 2.21. The van der Waals surface area contributed by atoms with Gasteiger partial charge in [0, 0.05) is 10.1 Å². The van der Waals surface area contributed by atoms with Crippen molar-refractivity contribution in [3.63, 3.8) is 0 Å². The Hall–Kier alpha value is -1.42. The molecule has 2 rings (SSSR count). The number of hydrogen-bond donors (Lipinski definition) is 2. The summed E-state index contributed by atoms with van der Waals surface area (Å²) >= 11 is 1.39. The third-order valence-electron chi connectivity index (χ3n) is 1.96. The zero-order valence-electron chi connectivity index (χ0n) is 7.65. The van der Waals surface area contributed by atoms with Crippen molar-refractivity contribution in [1.29, 1.82) is 0 Å². The van der Waals surface area contributed by atoms with Gasteiger partial charge in [0.1, 0.15) is 5.75 Å². The first-order valence-corrected chi connectivity index (χ1v) is 5.17. The van der Waals surface area contributed by atoms with E-state index in [1.807, 2.05) is 13.0 Å². The first-order valence-electron chi connectivity index (χ1n) is 4.29. The second-order valence-electron chi connectivity index (χ2n) is 2.84. The molecule has 1 aromatic heterocycles. The van der Waals surface area contributed by atoms with Gasteiger partial charge in [-0.05, 0) is 19.1 Å². The Morgan fingerprint density at radius 2 is 2.14 bits per heavy atom. The maximum Gasteiger partial charge on any atom is 0.170 e. The van der Waals surface area contributed by atoms with E-state index in [9.17, 15) is 10.2 Å². The predicted molar refractivity (Wildman–Crippen MR) is 56.3 cm³/mol. The van der Waals surface area contributed by atoms with Gasteiger partial charge in [-0.15, -0.1) is 11.3 Å². The van der Waals surface area contributed by atoms with Crippen LogP contribution in [0.3, 0.4) is 0 Å². The molecule has 0 saturated heterocycles. The standard InChI is InChI=1S/C10H10O3S/c1-2-13-7-3-4-8-9(10(7)12)6(11)5-14-8/h3-5,11-12H,2H2,1H3. The minimum absolute atomic E-state index is 0.0168. The lowest BCUT2D eigenvalue weighted by atomic mass is 10.2. The largest absolute Gasteiger partial charge is 0.506 e. The summed E-state index contributed by atoms with van der Waals surface area (Å²) in [5.74, 6) is 0.529. The highest BCUT2D eigenvalue weighted by Crippen LogP contribution is 2.42. The molecule has 74 valence electrons. The molecule has 0 amide bonds. The molecule has 2 aromatic rings. The monoisotopic (exact) mass is 210 g/mol. The molecule has 0 unspecified atom stereocenters. The van der Waals surface area contributed by atoms with Gasteiger partial charge in [0.25, 0.3) is 0 Å². The van der Waals surface area contributed by atoms with E-state index in [1.165, 1.54) is 11.3 Å². The lowest BCUT2D eigenvalue weighted by Crippen LogP contribution is -1.91. The molecule has 0 aliphatic carbocycles. The van der Waals surface area contributed by atoms with Crippen LogP contribution in [0, 0.1) is 0 Å². The van der Waals surface area contributed by atoms with E-state index in [2.05, 4.69) is 0 Å². The van der Waals surface area contributed by atoms with Gasteiger partial charge in [-0.2, -0.15) is 0 Å². The van der Waals surface area contributed by atoms with E-state index in [4.69, 9.17) is 4.74 Å². The molecule has 4 heteroatoms. The quantitative estimate of drug-likeness (QED) is 0.801. The second kappa shape index (κ2) is 3.38. The maximum atomic E-state index is 9.77. The average Bonchev–Trinajstić information content (AvgIpc) is 2.54.